The minimum atomic E-state index is -4.42. The molecule has 2 unspecified atom stereocenters. The highest BCUT2D eigenvalue weighted by molar-refractivity contribution is 8.00. The number of halogens is 3. The molecular formula is C25H29F3N2O2S. The maximum Gasteiger partial charge on any atom is 0.416 e. The molecule has 2 amide bonds. The van der Waals surface area contributed by atoms with Crippen LogP contribution in [0.4, 0.5) is 24.5 Å². The lowest BCUT2D eigenvalue weighted by Gasteiger charge is -2.25. The van der Waals surface area contributed by atoms with Gasteiger partial charge >= 0.3 is 6.18 Å². The van der Waals surface area contributed by atoms with Gasteiger partial charge in [0.15, 0.2) is 0 Å². The first-order valence-corrected chi connectivity index (χ1v) is 11.9. The first kappa shape index (κ1) is 25.1. The molecule has 0 radical (unpaired) electrons. The predicted octanol–water partition coefficient (Wildman–Crippen LogP) is 6.88. The van der Waals surface area contributed by atoms with E-state index in [1.807, 2.05) is 12.1 Å². The number of alkyl halides is 3. The Hall–Kier alpha value is -2.48. The van der Waals surface area contributed by atoms with Crippen molar-refractivity contribution in [2.45, 2.75) is 52.1 Å². The average Bonchev–Trinajstić information content (AvgIpc) is 3.07. The van der Waals surface area contributed by atoms with Crippen LogP contribution in [-0.4, -0.2) is 17.6 Å². The molecular weight excluding hydrogens is 449 g/mol. The van der Waals surface area contributed by atoms with E-state index in [2.05, 4.69) is 33.0 Å². The lowest BCUT2D eigenvalue weighted by Crippen LogP contribution is -2.27. The van der Waals surface area contributed by atoms with E-state index < -0.39 is 11.7 Å². The van der Waals surface area contributed by atoms with Crippen LogP contribution in [0.2, 0.25) is 0 Å². The molecule has 8 heteroatoms. The Morgan fingerprint density at radius 1 is 1.09 bits per heavy atom. The van der Waals surface area contributed by atoms with Crippen LogP contribution in [0.1, 0.15) is 57.0 Å². The van der Waals surface area contributed by atoms with E-state index in [-0.39, 0.29) is 34.3 Å². The molecule has 3 rings (SSSR count). The number of amides is 2. The largest absolute Gasteiger partial charge is 0.416 e. The second-order valence-electron chi connectivity index (χ2n) is 9.72. The van der Waals surface area contributed by atoms with Crippen molar-refractivity contribution in [3.8, 4) is 0 Å². The molecule has 0 aromatic heterocycles. The van der Waals surface area contributed by atoms with Crippen molar-refractivity contribution in [3.63, 3.8) is 0 Å². The van der Waals surface area contributed by atoms with Crippen molar-refractivity contribution >= 4 is 35.0 Å². The molecule has 1 N–H and O–H groups in total. The number of nitrogens with zero attached hydrogens (tertiary/aromatic N) is 1. The van der Waals surface area contributed by atoms with E-state index in [4.69, 9.17) is 0 Å². The van der Waals surface area contributed by atoms with Gasteiger partial charge in [-0.25, -0.2) is 0 Å². The van der Waals surface area contributed by atoms with E-state index in [0.717, 1.165) is 24.1 Å². The molecule has 33 heavy (non-hydrogen) atoms. The predicted molar refractivity (Wildman–Crippen MR) is 127 cm³/mol. The van der Waals surface area contributed by atoms with E-state index in [9.17, 15) is 22.8 Å². The van der Waals surface area contributed by atoms with E-state index in [1.165, 1.54) is 28.8 Å². The van der Waals surface area contributed by atoms with Crippen LogP contribution in [0.15, 0.2) is 48.5 Å². The first-order chi connectivity index (χ1) is 15.3. The minimum absolute atomic E-state index is 0.0451. The SMILES string of the molecule is CC(CC(=O)Nc1ccc(C2SCC(=O)N2c2ccc(C(F)(F)F)cc2)cc1)CC(C)(C)C. The van der Waals surface area contributed by atoms with Crippen molar-refractivity contribution in [1.29, 1.82) is 0 Å². The smallest absolute Gasteiger partial charge is 0.326 e. The van der Waals surface area contributed by atoms with Gasteiger partial charge in [0.1, 0.15) is 5.37 Å². The zero-order chi connectivity index (χ0) is 24.4. The van der Waals surface area contributed by atoms with Gasteiger partial charge in [-0.3, -0.25) is 14.5 Å². The maximum atomic E-state index is 12.9. The molecule has 0 aliphatic carbocycles. The summed E-state index contributed by atoms with van der Waals surface area (Å²) in [6.07, 6.45) is -3.04. The van der Waals surface area contributed by atoms with Crippen molar-refractivity contribution in [2.24, 2.45) is 11.3 Å². The molecule has 1 aliphatic heterocycles. The number of hydrogen-bond acceptors (Lipinski definition) is 3. The van der Waals surface area contributed by atoms with E-state index >= 15 is 0 Å². The van der Waals surface area contributed by atoms with Gasteiger partial charge in [0.25, 0.3) is 0 Å². The summed E-state index contributed by atoms with van der Waals surface area (Å²) in [6.45, 7) is 8.53. The molecule has 0 bridgehead atoms. The van der Waals surface area contributed by atoms with Gasteiger partial charge < -0.3 is 5.32 Å². The average molecular weight is 479 g/mol. The number of nitrogens with one attached hydrogen (secondary N) is 1. The zero-order valence-corrected chi connectivity index (χ0v) is 20.0. The van der Waals surface area contributed by atoms with Crippen molar-refractivity contribution in [1.82, 2.24) is 0 Å². The van der Waals surface area contributed by atoms with Crippen LogP contribution < -0.4 is 10.2 Å². The molecule has 1 fully saturated rings. The highest BCUT2D eigenvalue weighted by Gasteiger charge is 2.35. The van der Waals surface area contributed by atoms with Crippen LogP contribution in [0.5, 0.6) is 0 Å². The van der Waals surface area contributed by atoms with Crippen molar-refractivity contribution in [3.05, 3.63) is 59.7 Å². The first-order valence-electron chi connectivity index (χ1n) is 10.8. The maximum absolute atomic E-state index is 12.9. The summed E-state index contributed by atoms with van der Waals surface area (Å²) in [6, 6.07) is 11.9. The number of hydrogen-bond donors (Lipinski definition) is 1. The van der Waals surface area contributed by atoms with Gasteiger partial charge in [-0.1, -0.05) is 39.8 Å². The van der Waals surface area contributed by atoms with Crippen LogP contribution in [0, 0.1) is 11.3 Å². The van der Waals surface area contributed by atoms with Gasteiger partial charge in [-0.15, -0.1) is 11.8 Å². The zero-order valence-electron chi connectivity index (χ0n) is 19.2. The molecule has 1 heterocycles. The molecule has 2 aromatic carbocycles. The molecule has 2 aromatic rings. The Bertz CT molecular complexity index is 983. The quantitative estimate of drug-likeness (QED) is 0.492. The summed E-state index contributed by atoms with van der Waals surface area (Å²) in [5.41, 5.74) is 1.34. The molecule has 1 aliphatic rings. The Morgan fingerprint density at radius 2 is 1.70 bits per heavy atom. The summed E-state index contributed by atoms with van der Waals surface area (Å²) < 4.78 is 38.6. The number of benzene rings is 2. The Balaban J connectivity index is 1.68. The van der Waals surface area contributed by atoms with Crippen LogP contribution in [0.25, 0.3) is 0 Å². The second kappa shape index (κ2) is 9.79. The monoisotopic (exact) mass is 478 g/mol. The van der Waals surface area contributed by atoms with E-state index in [1.54, 1.807) is 12.1 Å². The fraction of sp³-hybridized carbons (Fsp3) is 0.440. The summed E-state index contributed by atoms with van der Waals surface area (Å²) in [7, 11) is 0. The van der Waals surface area contributed by atoms with Gasteiger partial charge in [0.2, 0.25) is 11.8 Å². The lowest BCUT2D eigenvalue weighted by molar-refractivity contribution is -0.137. The van der Waals surface area contributed by atoms with Gasteiger partial charge in [0, 0.05) is 17.8 Å². The van der Waals surface area contributed by atoms with Crippen LogP contribution >= 0.6 is 11.8 Å². The number of carbonyl (C=O) groups excluding carboxylic acids is 2. The Labute approximate surface area is 196 Å². The summed E-state index contributed by atoms with van der Waals surface area (Å²) in [4.78, 5) is 26.4. The number of rotatable bonds is 6. The van der Waals surface area contributed by atoms with E-state index in [0.29, 0.717) is 17.8 Å². The van der Waals surface area contributed by atoms with Gasteiger partial charge in [-0.2, -0.15) is 13.2 Å². The lowest BCUT2D eigenvalue weighted by atomic mass is 9.84. The highest BCUT2D eigenvalue weighted by Crippen LogP contribution is 2.42. The Kier molecular flexibility index (Phi) is 7.46. The third-order valence-electron chi connectivity index (χ3n) is 5.31. The summed E-state index contributed by atoms with van der Waals surface area (Å²) in [5, 5.41) is 2.57. The highest BCUT2D eigenvalue weighted by atomic mass is 32.2. The topological polar surface area (TPSA) is 49.4 Å². The molecule has 4 nitrogen and oxygen atoms in total. The fourth-order valence-electron chi connectivity index (χ4n) is 4.14. The molecule has 178 valence electrons. The Morgan fingerprint density at radius 3 is 2.24 bits per heavy atom. The third-order valence-corrected chi connectivity index (χ3v) is 6.53. The summed E-state index contributed by atoms with van der Waals surface area (Å²) >= 11 is 1.42. The molecule has 0 spiro atoms. The summed E-state index contributed by atoms with van der Waals surface area (Å²) in [5.74, 6) is 0.310. The fourth-order valence-corrected chi connectivity index (χ4v) is 5.32. The number of thioether (sulfide) groups is 1. The van der Waals surface area contributed by atoms with Gasteiger partial charge in [0.05, 0.1) is 11.3 Å². The molecule has 2 atom stereocenters. The third kappa shape index (κ3) is 6.76. The normalized spacial score (nSPS) is 17.8. The minimum Gasteiger partial charge on any atom is -0.326 e. The van der Waals surface area contributed by atoms with Crippen LogP contribution in [-0.2, 0) is 15.8 Å². The molecule has 0 saturated carbocycles. The number of anilines is 2. The molecule has 1 saturated heterocycles. The van der Waals surface area contributed by atoms with Gasteiger partial charge in [-0.05, 0) is 59.7 Å². The van der Waals surface area contributed by atoms with Crippen LogP contribution in [0.3, 0.4) is 0 Å². The standard InChI is InChI=1S/C25H29F3N2O2S/c1-16(14-24(2,3)4)13-21(31)29-19-9-5-17(6-10-19)23-30(22(32)15-33-23)20-11-7-18(8-12-20)25(26,27)28/h5-12,16,23H,13-15H2,1-4H3,(H,29,31). The second-order valence-corrected chi connectivity index (χ2v) is 10.8. The van der Waals surface area contributed by atoms with Crippen molar-refractivity contribution < 1.29 is 22.8 Å². The van der Waals surface area contributed by atoms with Crippen molar-refractivity contribution in [2.75, 3.05) is 16.0 Å². The number of carbonyl (C=O) groups is 2.